The number of carboxylic acid groups (broad SMARTS) is 1. The average molecular weight is 431 g/mol. The van der Waals surface area contributed by atoms with E-state index in [2.05, 4.69) is 20.6 Å². The molecule has 1 aromatic heterocycles. The minimum Gasteiger partial charge on any atom is -0.478 e. The molecule has 10 nitrogen and oxygen atoms in total. The first-order chi connectivity index (χ1) is 14.7. The third-order valence-corrected chi connectivity index (χ3v) is 4.96. The number of nitrogens with one attached hydrogen (secondary N) is 2. The van der Waals surface area contributed by atoms with Gasteiger partial charge in [-0.2, -0.15) is 0 Å². The summed E-state index contributed by atoms with van der Waals surface area (Å²) >= 11 is 0. The molecule has 0 aromatic carbocycles. The van der Waals surface area contributed by atoms with Crippen molar-refractivity contribution in [1.29, 1.82) is 0 Å². The summed E-state index contributed by atoms with van der Waals surface area (Å²) in [5, 5.41) is 14.8. The van der Waals surface area contributed by atoms with Gasteiger partial charge < -0.3 is 20.9 Å². The lowest BCUT2D eigenvalue weighted by Gasteiger charge is -2.36. The number of guanidine groups is 1. The number of aliphatic imine (C=N–C) groups is 1. The molecule has 2 rings (SSSR count). The SMILES string of the molecule is CCC(CC)O[C@@H]1C=C(C(=O)O)C[C@H](N=C(N)NC(=O)c2ccncc2)[C@H]1NC(C)=O. The summed E-state index contributed by atoms with van der Waals surface area (Å²) in [6, 6.07) is 1.66. The van der Waals surface area contributed by atoms with Gasteiger partial charge in [0.1, 0.15) is 0 Å². The summed E-state index contributed by atoms with van der Waals surface area (Å²) in [4.78, 5) is 44.0. The number of hydrogen-bond donors (Lipinski definition) is 4. The van der Waals surface area contributed by atoms with Gasteiger partial charge in [-0.05, 0) is 31.1 Å². The fourth-order valence-electron chi connectivity index (χ4n) is 3.37. The van der Waals surface area contributed by atoms with E-state index in [1.807, 2.05) is 13.8 Å². The van der Waals surface area contributed by atoms with Gasteiger partial charge in [0.25, 0.3) is 5.91 Å². The van der Waals surface area contributed by atoms with Crippen LogP contribution >= 0.6 is 0 Å². The Kier molecular flexibility index (Phi) is 8.68. The van der Waals surface area contributed by atoms with Gasteiger partial charge in [0.15, 0.2) is 5.96 Å². The molecule has 0 radical (unpaired) electrons. The van der Waals surface area contributed by atoms with Crippen molar-refractivity contribution < 1.29 is 24.2 Å². The summed E-state index contributed by atoms with van der Waals surface area (Å²) in [6.45, 7) is 5.29. The monoisotopic (exact) mass is 431 g/mol. The molecule has 0 unspecified atom stereocenters. The maximum absolute atomic E-state index is 12.3. The van der Waals surface area contributed by atoms with Gasteiger partial charge in [-0.3, -0.25) is 19.9 Å². The van der Waals surface area contributed by atoms with E-state index in [0.29, 0.717) is 5.56 Å². The predicted octanol–water partition coefficient (Wildman–Crippen LogP) is 0.988. The number of rotatable bonds is 8. The molecule has 168 valence electrons. The normalized spacial score (nSPS) is 21.4. The van der Waals surface area contributed by atoms with Crippen LogP contribution in [0.1, 0.15) is 50.4 Å². The summed E-state index contributed by atoms with van der Waals surface area (Å²) < 4.78 is 6.09. The quantitative estimate of drug-likeness (QED) is 0.353. The van der Waals surface area contributed by atoms with Crippen molar-refractivity contribution in [1.82, 2.24) is 15.6 Å². The van der Waals surface area contributed by atoms with Crippen LogP contribution in [0.2, 0.25) is 0 Å². The van der Waals surface area contributed by atoms with Crippen LogP contribution in [0, 0.1) is 0 Å². The molecule has 1 aromatic rings. The first kappa shape index (κ1) is 24.0. The second kappa shape index (κ2) is 11.2. The summed E-state index contributed by atoms with van der Waals surface area (Å²) in [7, 11) is 0. The van der Waals surface area contributed by atoms with E-state index >= 15 is 0 Å². The maximum atomic E-state index is 12.3. The number of aliphatic carboxylic acids is 1. The topological polar surface area (TPSA) is 156 Å². The highest BCUT2D eigenvalue weighted by atomic mass is 16.5. The van der Waals surface area contributed by atoms with E-state index < -0.39 is 30.1 Å². The molecule has 0 fully saturated rings. The molecule has 31 heavy (non-hydrogen) atoms. The Morgan fingerprint density at radius 3 is 2.48 bits per heavy atom. The highest BCUT2D eigenvalue weighted by Gasteiger charge is 2.37. The van der Waals surface area contributed by atoms with E-state index in [0.717, 1.165) is 12.8 Å². The lowest BCUT2D eigenvalue weighted by molar-refractivity contribution is -0.133. The molecule has 0 saturated heterocycles. The number of amides is 2. The minimum absolute atomic E-state index is 0.0227. The number of ether oxygens (including phenoxy) is 1. The van der Waals surface area contributed by atoms with Crippen LogP contribution in [0.3, 0.4) is 0 Å². The van der Waals surface area contributed by atoms with Crippen LogP contribution in [-0.4, -0.2) is 58.1 Å². The van der Waals surface area contributed by atoms with E-state index in [1.54, 1.807) is 0 Å². The second-order valence-electron chi connectivity index (χ2n) is 7.24. The largest absolute Gasteiger partial charge is 0.478 e. The first-order valence-corrected chi connectivity index (χ1v) is 10.2. The summed E-state index contributed by atoms with van der Waals surface area (Å²) in [5.74, 6) is -2.07. The molecule has 0 aliphatic heterocycles. The third-order valence-electron chi connectivity index (χ3n) is 4.96. The van der Waals surface area contributed by atoms with Gasteiger partial charge in [-0.25, -0.2) is 9.79 Å². The number of nitrogens with two attached hydrogens (primary N) is 1. The third kappa shape index (κ3) is 6.88. The second-order valence-corrected chi connectivity index (χ2v) is 7.24. The number of aromatic nitrogens is 1. The van der Waals surface area contributed by atoms with Crippen molar-refractivity contribution in [3.05, 3.63) is 41.7 Å². The zero-order chi connectivity index (χ0) is 23.0. The molecule has 1 aliphatic rings. The standard InChI is InChI=1S/C21H29N5O5/c1-4-15(5-2)31-17-11-14(20(29)30)10-16(18(17)24-12(3)27)25-21(22)26-19(28)13-6-8-23-9-7-13/h6-9,11,15-18H,4-5,10H2,1-3H3,(H,24,27)(H,29,30)(H3,22,25,26,28)/t16-,17+,18+/m0/s1. The van der Waals surface area contributed by atoms with E-state index in [1.165, 1.54) is 37.5 Å². The molecule has 5 N–H and O–H groups in total. The molecule has 3 atom stereocenters. The van der Waals surface area contributed by atoms with Crippen LogP contribution in [-0.2, 0) is 14.3 Å². The minimum atomic E-state index is -1.10. The smallest absolute Gasteiger partial charge is 0.331 e. The molecular weight excluding hydrogens is 402 g/mol. The number of hydrogen-bond acceptors (Lipinski definition) is 6. The lowest BCUT2D eigenvalue weighted by Crippen LogP contribution is -2.54. The number of carbonyl (C=O) groups excluding carboxylic acids is 2. The highest BCUT2D eigenvalue weighted by Crippen LogP contribution is 2.26. The van der Waals surface area contributed by atoms with Gasteiger partial charge in [0.2, 0.25) is 5.91 Å². The van der Waals surface area contributed by atoms with Crippen molar-refractivity contribution in [2.24, 2.45) is 10.7 Å². The Bertz CT molecular complexity index is 851. The Labute approximate surface area is 181 Å². The van der Waals surface area contributed by atoms with Crippen LogP contribution < -0.4 is 16.4 Å². The number of carboxylic acids is 1. The molecular formula is C21H29N5O5. The fraction of sp³-hybridized carbons (Fsp3) is 0.476. The summed E-state index contributed by atoms with van der Waals surface area (Å²) in [6.07, 6.45) is 5.13. The fourth-order valence-corrected chi connectivity index (χ4v) is 3.37. The van der Waals surface area contributed by atoms with Gasteiger partial charge in [0.05, 0.1) is 24.3 Å². The molecule has 1 aliphatic carbocycles. The van der Waals surface area contributed by atoms with Crippen LogP contribution in [0.15, 0.2) is 41.2 Å². The Morgan fingerprint density at radius 1 is 1.29 bits per heavy atom. The lowest BCUT2D eigenvalue weighted by atomic mass is 9.88. The van der Waals surface area contributed by atoms with Crippen LogP contribution in [0.25, 0.3) is 0 Å². The molecule has 0 saturated carbocycles. The predicted molar refractivity (Wildman–Crippen MR) is 114 cm³/mol. The first-order valence-electron chi connectivity index (χ1n) is 10.2. The zero-order valence-corrected chi connectivity index (χ0v) is 17.9. The van der Waals surface area contributed by atoms with Crippen molar-refractivity contribution in [2.75, 3.05) is 0 Å². The van der Waals surface area contributed by atoms with Crippen LogP contribution in [0.5, 0.6) is 0 Å². The number of pyridine rings is 1. The highest BCUT2D eigenvalue weighted by molar-refractivity contribution is 6.05. The Morgan fingerprint density at radius 2 is 1.94 bits per heavy atom. The average Bonchev–Trinajstić information content (AvgIpc) is 2.73. The van der Waals surface area contributed by atoms with E-state index in [-0.39, 0.29) is 30.0 Å². The zero-order valence-electron chi connectivity index (χ0n) is 17.9. The van der Waals surface area contributed by atoms with Crippen molar-refractivity contribution in [3.63, 3.8) is 0 Å². The molecule has 0 spiro atoms. The van der Waals surface area contributed by atoms with Crippen molar-refractivity contribution >= 4 is 23.7 Å². The van der Waals surface area contributed by atoms with Crippen molar-refractivity contribution in [3.8, 4) is 0 Å². The molecule has 0 bridgehead atoms. The molecule has 1 heterocycles. The Balaban J connectivity index is 2.31. The summed E-state index contributed by atoms with van der Waals surface area (Å²) in [5.41, 5.74) is 6.39. The Hall–Kier alpha value is -3.27. The van der Waals surface area contributed by atoms with Gasteiger partial charge in [-0.1, -0.05) is 13.8 Å². The van der Waals surface area contributed by atoms with Crippen molar-refractivity contribution in [2.45, 2.75) is 64.3 Å². The van der Waals surface area contributed by atoms with E-state index in [4.69, 9.17) is 10.5 Å². The van der Waals surface area contributed by atoms with Crippen LogP contribution in [0.4, 0.5) is 0 Å². The van der Waals surface area contributed by atoms with Gasteiger partial charge in [0, 0.05) is 36.9 Å². The molecule has 2 amide bonds. The number of nitrogens with zero attached hydrogens (tertiary/aromatic N) is 2. The van der Waals surface area contributed by atoms with Gasteiger partial charge in [-0.15, -0.1) is 0 Å². The van der Waals surface area contributed by atoms with E-state index in [9.17, 15) is 19.5 Å². The van der Waals surface area contributed by atoms with Gasteiger partial charge >= 0.3 is 5.97 Å². The molecule has 10 heteroatoms. The number of carbonyl (C=O) groups is 3. The maximum Gasteiger partial charge on any atom is 0.331 e.